The molecule has 0 aliphatic rings. The van der Waals surface area contributed by atoms with Crippen molar-refractivity contribution >= 4 is 17.9 Å². The Balaban J connectivity index is 4.17. The monoisotopic (exact) mass is 895 g/mol. The van der Waals surface area contributed by atoms with Gasteiger partial charge >= 0.3 is 17.9 Å². The number of unbranched alkanes of at least 4 members (excludes halogenated alkanes) is 28. The van der Waals surface area contributed by atoms with Crippen molar-refractivity contribution in [1.29, 1.82) is 0 Å². The van der Waals surface area contributed by atoms with E-state index < -0.39 is 6.10 Å². The Morgan fingerprint density at radius 1 is 0.328 bits per heavy atom. The van der Waals surface area contributed by atoms with Crippen LogP contribution in [0.2, 0.25) is 0 Å². The van der Waals surface area contributed by atoms with E-state index in [2.05, 4.69) is 81.5 Å². The Hall–Kier alpha value is -2.89. The van der Waals surface area contributed by atoms with Crippen LogP contribution in [0.3, 0.4) is 0 Å². The largest absolute Gasteiger partial charge is 0.462 e. The maximum atomic E-state index is 12.8. The Kier molecular flexibility index (Phi) is 50.4. The van der Waals surface area contributed by atoms with Crippen molar-refractivity contribution in [3.63, 3.8) is 0 Å². The summed E-state index contributed by atoms with van der Waals surface area (Å²) < 4.78 is 16.8. The van der Waals surface area contributed by atoms with Gasteiger partial charge in [-0.05, 0) is 83.5 Å². The summed E-state index contributed by atoms with van der Waals surface area (Å²) >= 11 is 0. The van der Waals surface area contributed by atoms with Crippen LogP contribution >= 0.6 is 0 Å². The summed E-state index contributed by atoms with van der Waals surface area (Å²) in [6.07, 6.45) is 65.1. The van der Waals surface area contributed by atoms with Gasteiger partial charge in [0.2, 0.25) is 0 Å². The van der Waals surface area contributed by atoms with Gasteiger partial charge in [0.15, 0.2) is 6.10 Å². The minimum Gasteiger partial charge on any atom is -0.462 e. The molecule has 1 atom stereocenters. The molecule has 6 nitrogen and oxygen atoms in total. The second kappa shape index (κ2) is 52.7. The molecule has 0 amide bonds. The molecular formula is C58H102O6. The highest BCUT2D eigenvalue weighted by molar-refractivity contribution is 5.71. The average molecular weight is 895 g/mol. The number of hydrogen-bond donors (Lipinski definition) is 0. The van der Waals surface area contributed by atoms with Gasteiger partial charge in [0.1, 0.15) is 13.2 Å². The first kappa shape index (κ1) is 61.1. The SMILES string of the molecule is CC/C=C\C/C=C\C/C=C\C/C=C\CCCCCCCCCCCCCCC(=O)OCC(COC(=O)CCCCCCCCCC)OC(=O)CCCCCCC/C=C\CCCCCC. The van der Waals surface area contributed by atoms with Gasteiger partial charge in [-0.2, -0.15) is 0 Å². The number of ether oxygens (including phenoxy) is 3. The van der Waals surface area contributed by atoms with E-state index in [1.807, 2.05) is 0 Å². The normalized spacial score (nSPS) is 12.5. The smallest absolute Gasteiger partial charge is 0.306 e. The third-order valence-corrected chi connectivity index (χ3v) is 11.8. The zero-order chi connectivity index (χ0) is 46.5. The molecule has 1 unspecified atom stereocenters. The van der Waals surface area contributed by atoms with Gasteiger partial charge < -0.3 is 14.2 Å². The first-order valence-electron chi connectivity index (χ1n) is 27.3. The van der Waals surface area contributed by atoms with Gasteiger partial charge in [-0.15, -0.1) is 0 Å². The number of allylic oxidation sites excluding steroid dienone is 10. The highest BCUT2D eigenvalue weighted by atomic mass is 16.6. The van der Waals surface area contributed by atoms with Gasteiger partial charge in [-0.25, -0.2) is 0 Å². The first-order valence-corrected chi connectivity index (χ1v) is 27.3. The van der Waals surface area contributed by atoms with Crippen LogP contribution in [0.25, 0.3) is 0 Å². The van der Waals surface area contributed by atoms with E-state index in [0.29, 0.717) is 19.3 Å². The molecule has 0 aliphatic carbocycles. The molecule has 0 bridgehead atoms. The maximum absolute atomic E-state index is 12.8. The van der Waals surface area contributed by atoms with E-state index >= 15 is 0 Å². The van der Waals surface area contributed by atoms with E-state index in [9.17, 15) is 14.4 Å². The van der Waals surface area contributed by atoms with Gasteiger partial charge in [-0.3, -0.25) is 14.4 Å². The predicted octanol–water partition coefficient (Wildman–Crippen LogP) is 18.0. The molecule has 0 aromatic carbocycles. The summed E-state index contributed by atoms with van der Waals surface area (Å²) in [5.74, 6) is -0.885. The van der Waals surface area contributed by atoms with E-state index in [1.165, 1.54) is 135 Å². The fourth-order valence-corrected chi connectivity index (χ4v) is 7.66. The van der Waals surface area contributed by atoms with Crippen LogP contribution in [0, 0.1) is 0 Å². The maximum Gasteiger partial charge on any atom is 0.306 e. The number of rotatable bonds is 49. The minimum absolute atomic E-state index is 0.0757. The summed E-state index contributed by atoms with van der Waals surface area (Å²) in [5.41, 5.74) is 0. The second-order valence-electron chi connectivity index (χ2n) is 18.1. The van der Waals surface area contributed by atoms with Crippen molar-refractivity contribution in [2.45, 2.75) is 277 Å². The van der Waals surface area contributed by atoms with Crippen molar-refractivity contribution in [3.8, 4) is 0 Å². The lowest BCUT2D eigenvalue weighted by molar-refractivity contribution is -0.167. The molecule has 0 N–H and O–H groups in total. The zero-order valence-corrected chi connectivity index (χ0v) is 42.3. The number of carbonyl (C=O) groups is 3. The molecule has 370 valence electrons. The topological polar surface area (TPSA) is 78.9 Å². The third kappa shape index (κ3) is 50.1. The van der Waals surface area contributed by atoms with E-state index in [1.54, 1.807) is 0 Å². The van der Waals surface area contributed by atoms with Crippen LogP contribution < -0.4 is 0 Å². The van der Waals surface area contributed by atoms with Gasteiger partial charge in [0.25, 0.3) is 0 Å². The third-order valence-electron chi connectivity index (χ3n) is 11.8. The summed E-state index contributed by atoms with van der Waals surface area (Å²) in [7, 11) is 0. The molecule has 0 aliphatic heterocycles. The highest BCUT2D eigenvalue weighted by Gasteiger charge is 2.19. The predicted molar refractivity (Wildman–Crippen MR) is 275 cm³/mol. The average Bonchev–Trinajstić information content (AvgIpc) is 3.29. The van der Waals surface area contributed by atoms with Crippen LogP contribution in [0.4, 0.5) is 0 Å². The second-order valence-corrected chi connectivity index (χ2v) is 18.1. The van der Waals surface area contributed by atoms with Crippen molar-refractivity contribution in [2.75, 3.05) is 13.2 Å². The van der Waals surface area contributed by atoms with E-state index in [-0.39, 0.29) is 31.1 Å². The lowest BCUT2D eigenvalue weighted by Gasteiger charge is -2.18. The summed E-state index contributed by atoms with van der Waals surface area (Å²) in [5, 5.41) is 0. The number of carbonyl (C=O) groups excluding carboxylic acids is 3. The standard InChI is InChI=1S/C58H102O6/c1-4-7-10-13-16-19-21-23-24-25-26-27-28-29-30-31-32-33-34-36-37-39-42-45-48-51-57(60)63-54-55(53-62-56(59)50-47-44-41-18-15-12-9-6-3)64-58(61)52-49-46-43-40-38-35-22-20-17-14-11-8-5-2/h7,10,16,19-20,22-24,26-27,55H,4-6,8-9,11-15,17-18,21,25,28-54H2,1-3H3/b10-7-,19-16-,22-20-,24-23-,27-26-. The molecule has 6 heteroatoms. The molecule has 0 heterocycles. The van der Waals surface area contributed by atoms with E-state index in [0.717, 1.165) is 96.3 Å². The van der Waals surface area contributed by atoms with Crippen LogP contribution in [-0.2, 0) is 28.6 Å². The van der Waals surface area contributed by atoms with Crippen LogP contribution in [0.15, 0.2) is 60.8 Å². The fourth-order valence-electron chi connectivity index (χ4n) is 7.66. The molecule has 0 saturated heterocycles. The Bertz CT molecular complexity index is 1170. The molecule has 0 aromatic rings. The molecule has 0 fully saturated rings. The van der Waals surface area contributed by atoms with Crippen molar-refractivity contribution < 1.29 is 28.6 Å². The highest BCUT2D eigenvalue weighted by Crippen LogP contribution is 2.15. The Morgan fingerprint density at radius 3 is 0.984 bits per heavy atom. The molecule has 0 radical (unpaired) electrons. The number of hydrogen-bond acceptors (Lipinski definition) is 6. The molecule has 0 aromatic heterocycles. The lowest BCUT2D eigenvalue weighted by Crippen LogP contribution is -2.30. The fraction of sp³-hybridized carbons (Fsp3) is 0.776. The summed E-state index contributed by atoms with van der Waals surface area (Å²) in [6.45, 7) is 6.49. The van der Waals surface area contributed by atoms with Crippen molar-refractivity contribution in [2.24, 2.45) is 0 Å². The van der Waals surface area contributed by atoms with Crippen LogP contribution in [0.1, 0.15) is 271 Å². The van der Waals surface area contributed by atoms with Crippen LogP contribution in [0.5, 0.6) is 0 Å². The van der Waals surface area contributed by atoms with E-state index in [4.69, 9.17) is 14.2 Å². The van der Waals surface area contributed by atoms with Gasteiger partial charge in [0.05, 0.1) is 0 Å². The Morgan fingerprint density at radius 2 is 0.609 bits per heavy atom. The molecule has 0 spiro atoms. The first-order chi connectivity index (χ1) is 31.5. The van der Waals surface area contributed by atoms with Gasteiger partial charge in [-0.1, -0.05) is 229 Å². The molecule has 0 saturated carbocycles. The molecular weight excluding hydrogens is 793 g/mol. The molecule has 0 rings (SSSR count). The van der Waals surface area contributed by atoms with Crippen molar-refractivity contribution in [1.82, 2.24) is 0 Å². The lowest BCUT2D eigenvalue weighted by atomic mass is 10.0. The number of esters is 3. The van der Waals surface area contributed by atoms with Gasteiger partial charge in [0, 0.05) is 19.3 Å². The van der Waals surface area contributed by atoms with Crippen molar-refractivity contribution in [3.05, 3.63) is 60.8 Å². The minimum atomic E-state index is -0.774. The quantitative estimate of drug-likeness (QED) is 0.0262. The zero-order valence-electron chi connectivity index (χ0n) is 42.3. The molecule has 64 heavy (non-hydrogen) atoms. The van der Waals surface area contributed by atoms with Crippen LogP contribution in [-0.4, -0.2) is 37.2 Å². The summed E-state index contributed by atoms with van der Waals surface area (Å²) in [6, 6.07) is 0. The summed E-state index contributed by atoms with van der Waals surface area (Å²) in [4.78, 5) is 37.9. The Labute approximate surface area is 396 Å².